The van der Waals surface area contributed by atoms with Crippen molar-refractivity contribution < 1.29 is 47.6 Å². The number of nitrogens with zero attached hydrogens (tertiary/aromatic N) is 5. The number of benzene rings is 2. The summed E-state index contributed by atoms with van der Waals surface area (Å²) in [7, 11) is 1.80. The van der Waals surface area contributed by atoms with E-state index >= 15 is 0 Å². The van der Waals surface area contributed by atoms with Gasteiger partial charge in [-0.25, -0.2) is 18.8 Å². The van der Waals surface area contributed by atoms with Crippen LogP contribution in [0.25, 0.3) is 5.57 Å². The number of nitrogens with one attached hydrogen (secondary N) is 1. The van der Waals surface area contributed by atoms with E-state index in [9.17, 15) is 38.2 Å². The minimum absolute atomic E-state index is 0.0124. The number of fused-ring (bicyclic) bond motifs is 1. The summed E-state index contributed by atoms with van der Waals surface area (Å²) in [6, 6.07) is 16.5. The molecule has 0 bridgehead atoms. The van der Waals surface area contributed by atoms with Gasteiger partial charge in [0, 0.05) is 93.7 Å². The number of amides is 1. The zero-order chi connectivity index (χ0) is 46.4. The van der Waals surface area contributed by atoms with Gasteiger partial charge in [0.15, 0.2) is 16.8 Å². The molecular weight excluding hydrogens is 843 g/mol. The molecule has 4 atom stereocenters. The zero-order valence-electron chi connectivity index (χ0n) is 37.0. The highest BCUT2D eigenvalue weighted by Crippen LogP contribution is 2.43. The van der Waals surface area contributed by atoms with Crippen molar-refractivity contribution in [2.75, 3.05) is 75.4 Å². The van der Waals surface area contributed by atoms with Crippen LogP contribution in [0, 0.1) is 11.3 Å². The van der Waals surface area contributed by atoms with E-state index in [0.29, 0.717) is 80.4 Å². The normalized spacial score (nSPS) is 19.2. The number of hydrogen-bond acceptors (Lipinski definition) is 13. The SMILES string of the molecule is CNc1ccc(COC(=O)N(CCC(=O)O)CCN(CCOC2CC(C)(CN=C(C)C(=CN)c3ccc(N4CCc5cccc(C=O)c5C4)nc3C(=O)O)CC2C)CCS(=O)O)cc1. The first-order valence-electron chi connectivity index (χ1n) is 21.4. The molecule has 1 aliphatic carbocycles. The number of aliphatic imine (C=N–C) groups is 1. The van der Waals surface area contributed by atoms with Gasteiger partial charge < -0.3 is 45.1 Å². The minimum atomic E-state index is -2.04. The molecule has 1 fully saturated rings. The van der Waals surface area contributed by atoms with Crippen molar-refractivity contribution in [3.8, 4) is 0 Å². The molecule has 2 aromatic carbocycles. The van der Waals surface area contributed by atoms with E-state index in [1.165, 1.54) is 11.1 Å². The Hall–Kier alpha value is -5.69. The summed E-state index contributed by atoms with van der Waals surface area (Å²) in [5.74, 6) is -1.58. The number of aromatic nitrogens is 1. The van der Waals surface area contributed by atoms with E-state index in [0.717, 1.165) is 35.1 Å². The molecule has 1 saturated carbocycles. The number of rotatable bonds is 23. The van der Waals surface area contributed by atoms with Crippen molar-refractivity contribution in [3.05, 3.63) is 94.3 Å². The van der Waals surface area contributed by atoms with Crippen LogP contribution in [0.2, 0.25) is 0 Å². The Morgan fingerprint density at radius 3 is 2.50 bits per heavy atom. The topological polar surface area (TPSA) is 238 Å². The van der Waals surface area contributed by atoms with E-state index in [1.54, 1.807) is 32.2 Å². The standard InChI is InChI=1S/C46H61N7O10S/c1-31-24-46(3,30-49-32(2)38(26-47)37-12-13-41(50-43(37)44(57)58)53-16-14-34-6-5-7-35(28-54)39(34)27-53)25-40(31)62-22-20-51(21-23-64(60)61)18-19-52(17-15-42(55)56)45(59)63-29-33-8-10-36(48-4)11-9-33/h5-13,26,28,31,40,48H,14-25,27,29-30,47H2,1-4H3,(H,55,56)(H,57,58)(H,60,61). The molecule has 3 aromatic rings. The Kier molecular flexibility index (Phi) is 18.0. The third-order valence-electron chi connectivity index (χ3n) is 12.0. The van der Waals surface area contributed by atoms with Crippen LogP contribution in [0.5, 0.6) is 0 Å². The van der Waals surface area contributed by atoms with E-state index < -0.39 is 29.1 Å². The van der Waals surface area contributed by atoms with Crippen molar-refractivity contribution in [2.45, 2.75) is 65.7 Å². The van der Waals surface area contributed by atoms with Gasteiger partial charge in [-0.15, -0.1) is 0 Å². The number of aliphatic carboxylic acids is 1. The second kappa shape index (κ2) is 23.3. The number of hydrogen-bond donors (Lipinski definition) is 5. The van der Waals surface area contributed by atoms with Crippen LogP contribution < -0.4 is 16.0 Å². The number of nitrogens with two attached hydrogens (primary N) is 1. The molecule has 6 N–H and O–H groups in total. The highest BCUT2D eigenvalue weighted by molar-refractivity contribution is 7.79. The Balaban J connectivity index is 1.18. The molecule has 2 heterocycles. The van der Waals surface area contributed by atoms with Gasteiger partial charge in [0.2, 0.25) is 0 Å². The Bertz CT molecular complexity index is 2200. The number of carboxylic acid groups (broad SMARTS) is 2. The first-order chi connectivity index (χ1) is 30.6. The van der Waals surface area contributed by atoms with Crippen molar-refractivity contribution >= 4 is 58.2 Å². The van der Waals surface area contributed by atoms with Crippen molar-refractivity contribution in [1.29, 1.82) is 0 Å². The van der Waals surface area contributed by atoms with Gasteiger partial charge >= 0.3 is 18.0 Å². The summed E-state index contributed by atoms with van der Waals surface area (Å²) in [5.41, 5.74) is 11.4. The summed E-state index contributed by atoms with van der Waals surface area (Å²) in [6.45, 7) is 8.94. The number of carbonyl (C=O) groups is 4. The predicted molar refractivity (Wildman–Crippen MR) is 246 cm³/mol. The van der Waals surface area contributed by atoms with Gasteiger partial charge in [-0.3, -0.25) is 19.5 Å². The quantitative estimate of drug-likeness (QED) is 0.0454. The van der Waals surface area contributed by atoms with Crippen LogP contribution >= 0.6 is 0 Å². The van der Waals surface area contributed by atoms with Crippen LogP contribution in [0.15, 0.2) is 65.8 Å². The Morgan fingerprint density at radius 1 is 1.06 bits per heavy atom. The van der Waals surface area contributed by atoms with Crippen LogP contribution in [0.1, 0.15) is 83.1 Å². The fourth-order valence-electron chi connectivity index (χ4n) is 8.42. The number of allylic oxidation sites excluding steroid dienone is 1. The summed E-state index contributed by atoms with van der Waals surface area (Å²) < 4.78 is 33.2. The monoisotopic (exact) mass is 903 g/mol. The molecule has 0 spiro atoms. The minimum Gasteiger partial charge on any atom is -0.481 e. The van der Waals surface area contributed by atoms with E-state index in [1.807, 2.05) is 46.2 Å². The molecular formula is C46H61N7O10S. The highest BCUT2D eigenvalue weighted by Gasteiger charge is 2.40. The van der Waals surface area contributed by atoms with Gasteiger partial charge in [-0.2, -0.15) is 0 Å². The third-order valence-corrected chi connectivity index (χ3v) is 12.5. The number of carbonyl (C=O) groups excluding carboxylic acids is 2. The summed E-state index contributed by atoms with van der Waals surface area (Å²) in [4.78, 5) is 63.5. The summed E-state index contributed by atoms with van der Waals surface area (Å²) in [6.07, 6.45) is 3.41. The molecule has 346 valence electrons. The average Bonchev–Trinajstić information content (AvgIpc) is 3.58. The first-order valence-corrected chi connectivity index (χ1v) is 22.7. The largest absolute Gasteiger partial charge is 0.481 e. The zero-order valence-corrected chi connectivity index (χ0v) is 37.8. The lowest BCUT2D eigenvalue weighted by Gasteiger charge is -2.31. The number of ether oxygens (including phenoxy) is 2. The van der Waals surface area contributed by atoms with E-state index in [4.69, 9.17) is 20.2 Å². The lowest BCUT2D eigenvalue weighted by Crippen LogP contribution is -2.42. The van der Waals surface area contributed by atoms with Crippen molar-refractivity contribution in [1.82, 2.24) is 14.8 Å². The van der Waals surface area contributed by atoms with Gasteiger partial charge in [0.05, 0.1) is 24.9 Å². The number of carboxylic acids is 2. The maximum atomic E-state index is 13.1. The summed E-state index contributed by atoms with van der Waals surface area (Å²) in [5, 5.41) is 22.6. The lowest BCUT2D eigenvalue weighted by molar-refractivity contribution is -0.137. The third kappa shape index (κ3) is 13.7. The molecule has 17 nitrogen and oxygen atoms in total. The van der Waals surface area contributed by atoms with Gasteiger partial charge in [0.1, 0.15) is 18.7 Å². The summed E-state index contributed by atoms with van der Waals surface area (Å²) >= 11 is -2.04. The maximum absolute atomic E-state index is 13.1. The van der Waals surface area contributed by atoms with Crippen LogP contribution in [0.4, 0.5) is 16.3 Å². The predicted octanol–water partition coefficient (Wildman–Crippen LogP) is 5.42. The second-order valence-electron chi connectivity index (χ2n) is 16.7. The van der Waals surface area contributed by atoms with E-state index in [-0.39, 0.29) is 61.5 Å². The molecule has 1 amide bonds. The number of pyridine rings is 1. The smallest absolute Gasteiger partial charge is 0.410 e. The molecule has 5 rings (SSSR count). The molecule has 2 aliphatic rings. The molecule has 18 heteroatoms. The highest BCUT2D eigenvalue weighted by atomic mass is 32.2. The van der Waals surface area contributed by atoms with Gasteiger partial charge in [-0.05, 0) is 78.5 Å². The van der Waals surface area contributed by atoms with Crippen LogP contribution in [0.3, 0.4) is 0 Å². The fourth-order valence-corrected chi connectivity index (χ4v) is 8.83. The van der Waals surface area contributed by atoms with Crippen LogP contribution in [-0.4, -0.2) is 135 Å². The van der Waals surface area contributed by atoms with E-state index in [2.05, 4.69) is 24.1 Å². The first kappa shape index (κ1) is 49.3. The second-order valence-corrected chi connectivity index (χ2v) is 17.8. The number of aldehydes is 1. The molecule has 4 unspecified atom stereocenters. The van der Waals surface area contributed by atoms with Crippen LogP contribution in [-0.2, 0) is 44.9 Å². The molecule has 0 saturated heterocycles. The Labute approximate surface area is 377 Å². The van der Waals surface area contributed by atoms with Crippen molar-refractivity contribution in [3.63, 3.8) is 0 Å². The molecule has 0 radical (unpaired) electrons. The molecule has 1 aliphatic heterocycles. The number of anilines is 2. The van der Waals surface area contributed by atoms with Gasteiger partial charge in [-0.1, -0.05) is 44.2 Å². The maximum Gasteiger partial charge on any atom is 0.410 e. The molecule has 64 heavy (non-hydrogen) atoms. The van der Waals surface area contributed by atoms with Crippen molar-refractivity contribution in [2.24, 2.45) is 22.1 Å². The van der Waals surface area contributed by atoms with Gasteiger partial charge in [0.25, 0.3) is 0 Å². The lowest BCUT2D eigenvalue weighted by atomic mass is 9.88. The molecule has 1 aromatic heterocycles. The fraction of sp³-hybridized carbons (Fsp3) is 0.478. The number of aromatic carboxylic acids is 1. The average molecular weight is 904 g/mol. The Morgan fingerprint density at radius 2 is 1.83 bits per heavy atom.